The van der Waals surface area contributed by atoms with Crippen LogP contribution in [0.25, 0.3) is 0 Å². The van der Waals surface area contributed by atoms with Crippen LogP contribution in [-0.2, 0) is 9.59 Å². The van der Waals surface area contributed by atoms with Crippen LogP contribution in [0.15, 0.2) is 29.4 Å². The highest BCUT2D eigenvalue weighted by Gasteiger charge is 2.22. The number of aromatic nitrogens is 1. The van der Waals surface area contributed by atoms with E-state index in [-0.39, 0.29) is 17.1 Å². The van der Waals surface area contributed by atoms with E-state index in [0.29, 0.717) is 6.54 Å². The Morgan fingerprint density at radius 2 is 2.10 bits per heavy atom. The maximum Gasteiger partial charge on any atom is 0.244 e. The molecular formula is C14H21N3O2S. The first kappa shape index (κ1) is 16.5. The minimum Gasteiger partial charge on any atom is -0.344 e. The topological polar surface area (TPSA) is 62.3 Å². The maximum atomic E-state index is 12.0. The predicted molar refractivity (Wildman–Crippen MR) is 80.5 cm³/mol. The van der Waals surface area contributed by atoms with Crippen LogP contribution in [0, 0.1) is 0 Å². The molecule has 1 rings (SSSR count). The number of amides is 2. The molecule has 20 heavy (non-hydrogen) atoms. The molecule has 0 saturated heterocycles. The molecule has 0 aliphatic rings. The molecule has 0 aliphatic carbocycles. The third-order valence-corrected chi connectivity index (χ3v) is 3.93. The molecule has 1 aromatic heterocycles. The Labute approximate surface area is 124 Å². The predicted octanol–water partition coefficient (Wildman–Crippen LogP) is 1.55. The number of carbonyl (C=O) groups excluding carboxylic acids is 2. The molecule has 2 atom stereocenters. The molecular weight excluding hydrogens is 274 g/mol. The summed E-state index contributed by atoms with van der Waals surface area (Å²) < 4.78 is 0. The van der Waals surface area contributed by atoms with Crippen LogP contribution in [0.1, 0.15) is 20.8 Å². The highest BCUT2D eigenvalue weighted by atomic mass is 32.2. The Morgan fingerprint density at radius 1 is 1.40 bits per heavy atom. The van der Waals surface area contributed by atoms with Crippen molar-refractivity contribution in [2.45, 2.75) is 37.1 Å². The number of pyridine rings is 1. The summed E-state index contributed by atoms with van der Waals surface area (Å²) >= 11 is 1.37. The lowest BCUT2D eigenvalue weighted by Gasteiger charge is -2.21. The number of nitrogens with zero attached hydrogens (tertiary/aromatic N) is 2. The van der Waals surface area contributed by atoms with Gasteiger partial charge in [0.1, 0.15) is 6.04 Å². The van der Waals surface area contributed by atoms with E-state index in [2.05, 4.69) is 10.3 Å². The summed E-state index contributed by atoms with van der Waals surface area (Å²) in [6.45, 7) is 6.02. The molecule has 2 unspecified atom stereocenters. The summed E-state index contributed by atoms with van der Waals surface area (Å²) in [4.78, 5) is 29.7. The normalized spacial score (nSPS) is 13.4. The second kappa shape index (κ2) is 7.89. The second-order valence-electron chi connectivity index (χ2n) is 4.51. The van der Waals surface area contributed by atoms with E-state index in [4.69, 9.17) is 0 Å². The Kier molecular flexibility index (Phi) is 6.51. The highest BCUT2D eigenvalue weighted by molar-refractivity contribution is 8.00. The second-order valence-corrected chi connectivity index (χ2v) is 5.87. The van der Waals surface area contributed by atoms with E-state index in [1.165, 1.54) is 11.8 Å². The van der Waals surface area contributed by atoms with E-state index in [0.717, 1.165) is 5.03 Å². The summed E-state index contributed by atoms with van der Waals surface area (Å²) in [5.74, 6) is -0.248. The van der Waals surface area contributed by atoms with Crippen LogP contribution in [-0.4, -0.2) is 46.6 Å². The Hall–Kier alpha value is -1.56. The third-order valence-electron chi connectivity index (χ3n) is 2.88. The Balaban J connectivity index is 2.51. The van der Waals surface area contributed by atoms with Gasteiger partial charge in [-0.05, 0) is 32.9 Å². The van der Waals surface area contributed by atoms with E-state index >= 15 is 0 Å². The molecule has 0 radical (unpaired) electrons. The molecule has 1 aromatic rings. The summed E-state index contributed by atoms with van der Waals surface area (Å²) in [6.07, 6.45) is 1.69. The number of nitrogens with one attached hydrogen (secondary N) is 1. The number of carbonyl (C=O) groups is 2. The zero-order valence-electron chi connectivity index (χ0n) is 12.3. The molecule has 6 heteroatoms. The summed E-state index contributed by atoms with van der Waals surface area (Å²) in [5, 5.41) is 3.23. The molecule has 0 aliphatic heterocycles. The first-order valence-electron chi connectivity index (χ1n) is 6.58. The van der Waals surface area contributed by atoms with Crippen molar-refractivity contribution in [3.8, 4) is 0 Å². The van der Waals surface area contributed by atoms with Crippen molar-refractivity contribution in [3.63, 3.8) is 0 Å². The van der Waals surface area contributed by atoms with Gasteiger partial charge in [-0.25, -0.2) is 4.98 Å². The fourth-order valence-corrected chi connectivity index (χ4v) is 2.35. The first-order valence-corrected chi connectivity index (χ1v) is 7.46. The van der Waals surface area contributed by atoms with Crippen molar-refractivity contribution in [3.05, 3.63) is 24.4 Å². The molecule has 110 valence electrons. The van der Waals surface area contributed by atoms with Gasteiger partial charge in [0, 0.05) is 19.8 Å². The lowest BCUT2D eigenvalue weighted by Crippen LogP contribution is -2.47. The number of hydrogen-bond acceptors (Lipinski definition) is 4. The van der Waals surface area contributed by atoms with Crippen molar-refractivity contribution in [1.82, 2.24) is 15.2 Å². The lowest BCUT2D eigenvalue weighted by molar-refractivity contribution is -0.134. The van der Waals surface area contributed by atoms with Gasteiger partial charge in [0.2, 0.25) is 11.8 Å². The van der Waals surface area contributed by atoms with Crippen LogP contribution < -0.4 is 5.32 Å². The van der Waals surface area contributed by atoms with Crippen molar-refractivity contribution in [2.75, 3.05) is 13.6 Å². The summed E-state index contributed by atoms with van der Waals surface area (Å²) in [5.41, 5.74) is 0. The van der Waals surface area contributed by atoms with Crippen LogP contribution in [0.5, 0.6) is 0 Å². The van der Waals surface area contributed by atoms with Crippen molar-refractivity contribution in [1.29, 1.82) is 0 Å². The van der Waals surface area contributed by atoms with Gasteiger partial charge in [0.25, 0.3) is 0 Å². The molecule has 0 saturated carbocycles. The minimum absolute atomic E-state index is 0.0871. The van der Waals surface area contributed by atoms with E-state index < -0.39 is 6.04 Å². The van der Waals surface area contributed by atoms with Crippen molar-refractivity contribution >= 4 is 23.6 Å². The smallest absolute Gasteiger partial charge is 0.244 e. The highest BCUT2D eigenvalue weighted by Crippen LogP contribution is 2.20. The third kappa shape index (κ3) is 4.85. The average Bonchev–Trinajstić information content (AvgIpc) is 2.46. The SMILES string of the molecule is CCN(C)C(=O)C(C)NC(=O)C(C)Sc1ccccn1. The molecule has 0 bridgehead atoms. The Bertz CT molecular complexity index is 453. The van der Waals surface area contributed by atoms with Gasteiger partial charge in [0.05, 0.1) is 10.3 Å². The number of hydrogen-bond donors (Lipinski definition) is 1. The van der Waals surface area contributed by atoms with Gasteiger partial charge in [-0.3, -0.25) is 9.59 Å². The van der Waals surface area contributed by atoms with Gasteiger partial charge in [-0.15, -0.1) is 0 Å². The number of rotatable bonds is 6. The van der Waals surface area contributed by atoms with E-state index in [9.17, 15) is 9.59 Å². The molecule has 1 N–H and O–H groups in total. The van der Waals surface area contributed by atoms with Crippen LogP contribution >= 0.6 is 11.8 Å². The van der Waals surface area contributed by atoms with Crippen LogP contribution in [0.4, 0.5) is 0 Å². The molecule has 5 nitrogen and oxygen atoms in total. The minimum atomic E-state index is -0.515. The summed E-state index contributed by atoms with van der Waals surface area (Å²) in [6, 6.07) is 5.05. The first-order chi connectivity index (χ1) is 9.45. The molecule has 0 fully saturated rings. The van der Waals surface area contributed by atoms with Crippen molar-refractivity contribution in [2.24, 2.45) is 0 Å². The standard InChI is InChI=1S/C14H21N3O2S/c1-5-17(4)14(19)10(2)16-13(18)11(3)20-12-8-6-7-9-15-12/h6-11H,5H2,1-4H3,(H,16,18). The number of thioether (sulfide) groups is 1. The van der Waals surface area contributed by atoms with E-state index in [1.807, 2.05) is 25.1 Å². The van der Waals surface area contributed by atoms with E-state index in [1.54, 1.807) is 32.0 Å². The molecule has 0 aromatic carbocycles. The summed E-state index contributed by atoms with van der Waals surface area (Å²) in [7, 11) is 1.72. The fourth-order valence-electron chi connectivity index (χ4n) is 1.53. The van der Waals surface area contributed by atoms with Crippen molar-refractivity contribution < 1.29 is 9.59 Å². The van der Waals surface area contributed by atoms with Gasteiger partial charge < -0.3 is 10.2 Å². The molecule has 1 heterocycles. The van der Waals surface area contributed by atoms with Gasteiger partial charge >= 0.3 is 0 Å². The largest absolute Gasteiger partial charge is 0.344 e. The van der Waals surface area contributed by atoms with Crippen LogP contribution in [0.2, 0.25) is 0 Å². The average molecular weight is 295 g/mol. The zero-order valence-corrected chi connectivity index (χ0v) is 13.1. The fraction of sp³-hybridized carbons (Fsp3) is 0.500. The van der Waals surface area contributed by atoms with Gasteiger partial charge in [-0.1, -0.05) is 17.8 Å². The van der Waals surface area contributed by atoms with Crippen LogP contribution in [0.3, 0.4) is 0 Å². The quantitative estimate of drug-likeness (QED) is 0.809. The Morgan fingerprint density at radius 3 is 2.65 bits per heavy atom. The lowest BCUT2D eigenvalue weighted by atomic mass is 10.2. The van der Waals surface area contributed by atoms with Gasteiger partial charge in [0.15, 0.2) is 0 Å². The zero-order chi connectivity index (χ0) is 15.1. The maximum absolute atomic E-state index is 12.0. The monoisotopic (exact) mass is 295 g/mol. The van der Waals surface area contributed by atoms with Gasteiger partial charge in [-0.2, -0.15) is 0 Å². The molecule has 0 spiro atoms. The number of likely N-dealkylation sites (N-methyl/N-ethyl adjacent to an activating group) is 1. The molecule has 2 amide bonds.